The van der Waals surface area contributed by atoms with Gasteiger partial charge in [0.1, 0.15) is 0 Å². The number of aromatic nitrogens is 4. The number of nitrogens with one attached hydrogen (secondary N) is 2. The van der Waals surface area contributed by atoms with Crippen molar-refractivity contribution in [3.8, 4) is 23.0 Å². The molecule has 2 aromatic carbocycles. The number of carbonyl (C=O) groups excluding carboxylic acids is 1. The van der Waals surface area contributed by atoms with Crippen LogP contribution < -0.4 is 26.8 Å². The molecular weight excluding hydrogens is 656 g/mol. The fourth-order valence-corrected chi connectivity index (χ4v) is 6.10. The largest absolute Gasteiger partial charge is 0.494 e. The Morgan fingerprint density at radius 2 is 1.36 bits per heavy atom. The van der Waals surface area contributed by atoms with E-state index in [-0.39, 0.29) is 60.3 Å². The summed E-state index contributed by atoms with van der Waals surface area (Å²) in [6, 6.07) is 9.56. The summed E-state index contributed by atoms with van der Waals surface area (Å²) in [6.45, 7) is 3.13. The van der Waals surface area contributed by atoms with Gasteiger partial charge in [0.25, 0.3) is 37.3 Å². The minimum Gasteiger partial charge on any atom is -0.494 e. The molecule has 4 heterocycles. The maximum Gasteiger partial charge on any atom is 0.294 e. The Morgan fingerprint density at radius 1 is 0.787 bits per heavy atom. The van der Waals surface area contributed by atoms with Gasteiger partial charge in [0.15, 0.2) is 17.2 Å². The number of anilines is 1. The molecule has 0 spiro atoms. The Labute approximate surface area is 264 Å². The lowest BCUT2D eigenvalue weighted by molar-refractivity contribution is 0.0994. The van der Waals surface area contributed by atoms with Gasteiger partial charge in [0.05, 0.1) is 32.3 Å². The third kappa shape index (κ3) is 5.44. The van der Waals surface area contributed by atoms with E-state index < -0.39 is 37.3 Å². The molecule has 6 rings (SSSR count). The van der Waals surface area contributed by atoms with Crippen molar-refractivity contribution in [3.05, 3.63) is 108 Å². The number of benzene rings is 2. The number of aromatic amines is 2. The van der Waals surface area contributed by atoms with Crippen molar-refractivity contribution < 1.29 is 35.8 Å². The highest BCUT2D eigenvalue weighted by Gasteiger charge is 2.29. The maximum atomic E-state index is 13.3. The maximum absolute atomic E-state index is 13.3. The minimum atomic E-state index is -4.45. The van der Waals surface area contributed by atoms with E-state index in [1.54, 1.807) is 13.8 Å². The Hall–Kier alpha value is -5.69. The quantitative estimate of drug-likeness (QED) is 0.158. The minimum absolute atomic E-state index is 0.00126. The zero-order valence-electron chi connectivity index (χ0n) is 24.2. The average molecular weight is 679 g/mol. The lowest BCUT2D eigenvalue weighted by atomic mass is 10.0. The monoisotopic (exact) mass is 678 g/mol. The van der Waals surface area contributed by atoms with Gasteiger partial charge in [-0.25, -0.2) is 0 Å². The third-order valence-corrected chi connectivity index (χ3v) is 9.23. The first-order valence-electron chi connectivity index (χ1n) is 13.4. The summed E-state index contributed by atoms with van der Waals surface area (Å²) in [5.41, 5.74) is 0.327. The van der Waals surface area contributed by atoms with E-state index in [9.17, 15) is 45.4 Å². The molecule has 3 aliphatic heterocycles. The molecular formula is C29H22N6O10S2. The molecule has 0 unspecified atom stereocenters. The summed E-state index contributed by atoms with van der Waals surface area (Å²) in [6.07, 6.45) is 4.29. The van der Waals surface area contributed by atoms with Crippen molar-refractivity contribution in [2.24, 2.45) is 5.10 Å². The number of amides is 1. The van der Waals surface area contributed by atoms with E-state index in [1.165, 1.54) is 42.5 Å². The number of hydrogen-bond acceptors (Lipinski definition) is 10. The van der Waals surface area contributed by atoms with Crippen LogP contribution in [-0.4, -0.2) is 56.7 Å². The number of hydrogen-bond donors (Lipinski definition) is 5. The van der Waals surface area contributed by atoms with Crippen LogP contribution in [0.2, 0.25) is 0 Å². The predicted molar refractivity (Wildman–Crippen MR) is 166 cm³/mol. The Balaban J connectivity index is 1.35. The molecule has 0 saturated carbocycles. The summed E-state index contributed by atoms with van der Waals surface area (Å²) in [7, 11) is -8.89. The van der Waals surface area contributed by atoms with Gasteiger partial charge in [-0.2, -0.15) is 26.5 Å². The highest BCUT2D eigenvalue weighted by Crippen LogP contribution is 2.30. The van der Waals surface area contributed by atoms with Crippen molar-refractivity contribution in [1.82, 2.24) is 19.7 Å². The van der Waals surface area contributed by atoms with Crippen LogP contribution in [0.1, 0.15) is 27.0 Å². The van der Waals surface area contributed by atoms with Crippen molar-refractivity contribution in [2.45, 2.75) is 23.6 Å². The zero-order chi connectivity index (χ0) is 34.0. The molecule has 1 aromatic heterocycles. The fourth-order valence-electron chi connectivity index (χ4n) is 5.14. The zero-order valence-corrected chi connectivity index (χ0v) is 25.8. The van der Waals surface area contributed by atoms with Gasteiger partial charge in [-0.15, -0.1) is 10.2 Å². The number of allylic oxidation sites excluding steroid dienone is 1. The smallest absolute Gasteiger partial charge is 0.294 e. The second-order valence-electron chi connectivity index (χ2n) is 10.3. The average Bonchev–Trinajstić information content (AvgIpc) is 3.51. The second-order valence-corrected chi connectivity index (χ2v) is 13.2. The van der Waals surface area contributed by atoms with Gasteiger partial charge >= 0.3 is 0 Å². The number of H-pyrrole nitrogens is 2. The predicted octanol–water partition coefficient (Wildman–Crippen LogP) is 0.858. The van der Waals surface area contributed by atoms with Crippen LogP contribution in [0.15, 0.2) is 79.1 Å². The molecule has 3 aromatic rings. The van der Waals surface area contributed by atoms with E-state index in [4.69, 9.17) is 0 Å². The van der Waals surface area contributed by atoms with Crippen molar-refractivity contribution in [1.29, 1.82) is 0 Å². The Bertz CT molecular complexity index is 2600. The molecule has 0 aliphatic carbocycles. The molecule has 0 saturated heterocycles. The highest BCUT2D eigenvalue weighted by atomic mass is 32.2. The number of nitrogens with zero attached hydrogens (tertiary/aromatic N) is 4. The van der Waals surface area contributed by atoms with E-state index in [0.29, 0.717) is 11.1 Å². The van der Waals surface area contributed by atoms with Crippen LogP contribution in [0.3, 0.4) is 0 Å². The number of pyridine rings is 2. The summed E-state index contributed by atoms with van der Waals surface area (Å²) >= 11 is 0. The van der Waals surface area contributed by atoms with Crippen molar-refractivity contribution >= 4 is 44.0 Å². The number of rotatable bonds is 6. The Kier molecular flexibility index (Phi) is 7.31. The third-order valence-electron chi connectivity index (χ3n) is 7.50. The standard InChI is InChI=1S/C29H22N6O10S2/c1-14-20(26(36)30-24-22(14)28(38)34(32-24)16-6-10-18(11-7-16)46(40,41)42)4-3-5-21-15(2)23-25(31-27(21)37)33-35(29(23)39)17-8-12-19(13-9-17)47(43,44)45/h3-13H,1-2H3,(H,30,32,36)(H2,31,33,37)(H,40,41,42)(H,43,44,45)/b5-3?,20-4-. The molecule has 0 fully saturated rings. The molecule has 1 amide bonds. The van der Waals surface area contributed by atoms with Gasteiger partial charge in [0.2, 0.25) is 0 Å². The van der Waals surface area contributed by atoms with Gasteiger partial charge < -0.3 is 15.1 Å². The van der Waals surface area contributed by atoms with E-state index in [1.807, 2.05) is 0 Å². The summed E-state index contributed by atoms with van der Waals surface area (Å²) < 4.78 is 64.8. The first-order chi connectivity index (χ1) is 22.1. The molecule has 240 valence electrons. The van der Waals surface area contributed by atoms with Crippen LogP contribution in [0.25, 0.3) is 29.2 Å². The first kappa shape index (κ1) is 31.3. The highest BCUT2D eigenvalue weighted by molar-refractivity contribution is 7.86. The van der Waals surface area contributed by atoms with Crippen molar-refractivity contribution in [2.75, 3.05) is 5.01 Å². The summed E-state index contributed by atoms with van der Waals surface area (Å²) in [5.74, 6) is -0.876. The van der Waals surface area contributed by atoms with Gasteiger partial charge in [0, 0.05) is 10.8 Å². The number of aromatic hydroxyl groups is 1. The topological polar surface area (TPSA) is 245 Å². The van der Waals surface area contributed by atoms with Crippen LogP contribution in [0.5, 0.6) is 5.88 Å². The molecule has 3 aliphatic rings. The van der Waals surface area contributed by atoms with E-state index in [2.05, 4.69) is 20.2 Å². The lowest BCUT2D eigenvalue weighted by Crippen LogP contribution is -2.38. The number of carbonyl (C=O) groups is 1. The van der Waals surface area contributed by atoms with Crippen LogP contribution in [0, 0.1) is 13.8 Å². The van der Waals surface area contributed by atoms with E-state index >= 15 is 0 Å². The van der Waals surface area contributed by atoms with E-state index in [0.717, 1.165) is 34.0 Å². The molecule has 5 N–H and O–H groups in total. The van der Waals surface area contributed by atoms with Gasteiger partial charge in [-0.1, -0.05) is 6.08 Å². The fraction of sp³-hybridized carbons (Fsp3) is 0.0690. The molecule has 0 radical (unpaired) electrons. The van der Waals surface area contributed by atoms with Crippen molar-refractivity contribution in [3.63, 3.8) is 0 Å². The van der Waals surface area contributed by atoms with Crippen LogP contribution >= 0.6 is 0 Å². The second kappa shape index (κ2) is 11.0. The molecule has 47 heavy (non-hydrogen) atoms. The van der Waals surface area contributed by atoms with Crippen LogP contribution in [0.4, 0.5) is 5.69 Å². The molecule has 16 nitrogen and oxygen atoms in total. The molecule has 0 bridgehead atoms. The first-order valence-corrected chi connectivity index (χ1v) is 16.3. The number of fused-ring (bicyclic) bond motifs is 2. The molecule has 0 atom stereocenters. The SMILES string of the molecule is Cc1c(C=C/C=c2/c(C)c3c([nH]c2=O)=NN(c2ccc(S(=O)(=O)O)cc2)C3=O)c(O)[nH]c2nn(-c3ccc(S(=O)(=O)O)cc3)c(=O)c1-2. The molecule has 18 heteroatoms. The summed E-state index contributed by atoms with van der Waals surface area (Å²) in [4.78, 5) is 44.0. The lowest BCUT2D eigenvalue weighted by Gasteiger charge is -2.12. The van der Waals surface area contributed by atoms with Crippen LogP contribution in [-0.2, 0) is 20.2 Å². The summed E-state index contributed by atoms with van der Waals surface area (Å²) in [5, 5.41) is 20.1. The normalized spacial score (nSPS) is 13.9. The van der Waals surface area contributed by atoms with Gasteiger partial charge in [-0.3, -0.25) is 23.5 Å². The van der Waals surface area contributed by atoms with Gasteiger partial charge in [-0.05, 0) is 85.7 Å². The Morgan fingerprint density at radius 3 is 1.94 bits per heavy atom.